The number of terminal acetylenes is 1. The maximum Gasteiger partial charge on any atom is 0.319 e. The van der Waals surface area contributed by atoms with Crippen molar-refractivity contribution in [1.82, 2.24) is 14.7 Å². The van der Waals surface area contributed by atoms with Gasteiger partial charge in [-0.2, -0.15) is 0 Å². The molecule has 0 spiro atoms. The third kappa shape index (κ3) is 3.37. The normalized spacial score (nSPS) is 17.0. The van der Waals surface area contributed by atoms with Crippen LogP contribution in [-0.2, 0) is 4.79 Å². The summed E-state index contributed by atoms with van der Waals surface area (Å²) in [6, 6.07) is -0.666. The van der Waals surface area contributed by atoms with E-state index >= 15 is 0 Å². The third-order valence-electron chi connectivity index (χ3n) is 2.90. The SMILES string of the molecule is C#CCC(N)C(=O)N1CCN(C(=O)N(C)C)CC1. The molecule has 0 bridgehead atoms. The molecule has 0 aliphatic carbocycles. The predicted octanol–water partition coefficient (Wildman–Crippen LogP) is -0.837. The monoisotopic (exact) mass is 252 g/mol. The van der Waals surface area contributed by atoms with E-state index in [1.54, 1.807) is 23.9 Å². The summed E-state index contributed by atoms with van der Waals surface area (Å²) >= 11 is 0. The molecule has 2 N–H and O–H groups in total. The summed E-state index contributed by atoms with van der Waals surface area (Å²) in [7, 11) is 3.42. The van der Waals surface area contributed by atoms with Crippen molar-refractivity contribution in [2.45, 2.75) is 12.5 Å². The highest BCUT2D eigenvalue weighted by molar-refractivity contribution is 5.82. The Balaban J connectivity index is 2.47. The summed E-state index contributed by atoms with van der Waals surface area (Å²) in [6.07, 6.45) is 5.38. The van der Waals surface area contributed by atoms with Gasteiger partial charge in [0.2, 0.25) is 5.91 Å². The van der Waals surface area contributed by atoms with Gasteiger partial charge >= 0.3 is 6.03 Å². The molecular formula is C12H20N4O2. The molecule has 3 amide bonds. The van der Waals surface area contributed by atoms with Crippen molar-refractivity contribution in [3.05, 3.63) is 0 Å². The van der Waals surface area contributed by atoms with Crippen LogP contribution in [0.2, 0.25) is 0 Å². The van der Waals surface area contributed by atoms with Crippen LogP contribution in [0.1, 0.15) is 6.42 Å². The standard InChI is InChI=1S/C12H20N4O2/c1-4-5-10(13)11(17)15-6-8-16(9-7-15)12(18)14(2)3/h1,10H,5-9,13H2,2-3H3. The number of nitrogens with zero attached hydrogens (tertiary/aromatic N) is 3. The summed E-state index contributed by atoms with van der Waals surface area (Å²) in [5, 5.41) is 0. The van der Waals surface area contributed by atoms with Crippen molar-refractivity contribution in [2.24, 2.45) is 5.73 Å². The first-order valence-corrected chi connectivity index (χ1v) is 5.91. The summed E-state index contributed by atoms with van der Waals surface area (Å²) in [4.78, 5) is 28.5. The molecule has 0 radical (unpaired) electrons. The molecule has 1 aliphatic heterocycles. The third-order valence-corrected chi connectivity index (χ3v) is 2.90. The Morgan fingerprint density at radius 3 is 2.22 bits per heavy atom. The number of nitrogens with two attached hydrogens (primary N) is 1. The zero-order valence-electron chi connectivity index (χ0n) is 10.9. The van der Waals surface area contributed by atoms with E-state index in [1.165, 1.54) is 4.90 Å². The summed E-state index contributed by atoms with van der Waals surface area (Å²) in [5.41, 5.74) is 5.68. The van der Waals surface area contributed by atoms with Gasteiger partial charge in [-0.3, -0.25) is 4.79 Å². The average molecular weight is 252 g/mol. The van der Waals surface area contributed by atoms with Gasteiger partial charge in [0, 0.05) is 46.7 Å². The number of rotatable bonds is 2. The van der Waals surface area contributed by atoms with E-state index in [9.17, 15) is 9.59 Å². The van der Waals surface area contributed by atoms with Crippen molar-refractivity contribution in [3.63, 3.8) is 0 Å². The second kappa shape index (κ2) is 6.26. The molecule has 1 saturated heterocycles. The fourth-order valence-corrected chi connectivity index (χ4v) is 1.85. The van der Waals surface area contributed by atoms with Gasteiger partial charge in [0.25, 0.3) is 0 Å². The molecule has 0 saturated carbocycles. The zero-order valence-corrected chi connectivity index (χ0v) is 10.9. The minimum atomic E-state index is -0.633. The summed E-state index contributed by atoms with van der Waals surface area (Å²) in [6.45, 7) is 2.09. The van der Waals surface area contributed by atoms with E-state index in [4.69, 9.17) is 12.2 Å². The molecule has 1 rings (SSSR count). The van der Waals surface area contributed by atoms with Crippen LogP contribution in [-0.4, -0.2) is 73.0 Å². The van der Waals surface area contributed by atoms with E-state index < -0.39 is 6.04 Å². The molecule has 1 aliphatic rings. The van der Waals surface area contributed by atoms with Crippen molar-refractivity contribution < 1.29 is 9.59 Å². The highest BCUT2D eigenvalue weighted by Crippen LogP contribution is 2.06. The van der Waals surface area contributed by atoms with E-state index in [-0.39, 0.29) is 18.4 Å². The number of hydrogen-bond acceptors (Lipinski definition) is 3. The molecule has 6 heteroatoms. The van der Waals surface area contributed by atoms with Gasteiger partial charge in [-0.15, -0.1) is 12.3 Å². The maximum absolute atomic E-state index is 11.9. The van der Waals surface area contributed by atoms with Crippen molar-refractivity contribution in [3.8, 4) is 12.3 Å². The largest absolute Gasteiger partial charge is 0.338 e. The van der Waals surface area contributed by atoms with Gasteiger partial charge in [-0.05, 0) is 0 Å². The zero-order chi connectivity index (χ0) is 13.7. The fourth-order valence-electron chi connectivity index (χ4n) is 1.85. The first-order chi connectivity index (χ1) is 8.47. The van der Waals surface area contributed by atoms with Gasteiger partial charge in [0.15, 0.2) is 0 Å². The Hall–Kier alpha value is -1.74. The lowest BCUT2D eigenvalue weighted by molar-refractivity contribution is -0.133. The molecule has 1 fully saturated rings. The van der Waals surface area contributed by atoms with E-state index in [0.29, 0.717) is 26.2 Å². The second-order valence-electron chi connectivity index (χ2n) is 4.50. The van der Waals surface area contributed by atoms with Crippen LogP contribution < -0.4 is 5.73 Å². The van der Waals surface area contributed by atoms with Crippen LogP contribution in [0.4, 0.5) is 4.79 Å². The molecule has 1 atom stereocenters. The van der Waals surface area contributed by atoms with E-state index in [0.717, 1.165) is 0 Å². The predicted molar refractivity (Wildman–Crippen MR) is 68.7 cm³/mol. The number of carbonyl (C=O) groups is 2. The Labute approximate surface area is 108 Å². The molecule has 1 heterocycles. The Morgan fingerprint density at radius 2 is 1.78 bits per heavy atom. The topological polar surface area (TPSA) is 69.9 Å². The number of urea groups is 1. The van der Waals surface area contributed by atoms with Crippen LogP contribution in [0, 0.1) is 12.3 Å². The summed E-state index contributed by atoms with van der Waals surface area (Å²) < 4.78 is 0. The lowest BCUT2D eigenvalue weighted by Crippen LogP contribution is -2.55. The van der Waals surface area contributed by atoms with Crippen LogP contribution in [0.3, 0.4) is 0 Å². The average Bonchev–Trinajstić information content (AvgIpc) is 2.37. The van der Waals surface area contributed by atoms with Crippen LogP contribution in [0.25, 0.3) is 0 Å². The van der Waals surface area contributed by atoms with E-state index in [1.807, 2.05) is 0 Å². The lowest BCUT2D eigenvalue weighted by atomic mass is 10.2. The first kappa shape index (κ1) is 14.3. The smallest absolute Gasteiger partial charge is 0.319 e. The van der Waals surface area contributed by atoms with Gasteiger partial charge < -0.3 is 20.4 Å². The van der Waals surface area contributed by atoms with Gasteiger partial charge in [-0.1, -0.05) is 0 Å². The highest BCUT2D eigenvalue weighted by Gasteiger charge is 2.27. The minimum Gasteiger partial charge on any atom is -0.338 e. The van der Waals surface area contributed by atoms with Crippen LogP contribution in [0.5, 0.6) is 0 Å². The minimum absolute atomic E-state index is 0.0324. The maximum atomic E-state index is 11.9. The summed E-state index contributed by atoms with van der Waals surface area (Å²) in [5.74, 6) is 2.25. The van der Waals surface area contributed by atoms with Crippen LogP contribution >= 0.6 is 0 Å². The fraction of sp³-hybridized carbons (Fsp3) is 0.667. The van der Waals surface area contributed by atoms with Crippen molar-refractivity contribution in [1.29, 1.82) is 0 Å². The molecule has 18 heavy (non-hydrogen) atoms. The number of amides is 3. The first-order valence-electron chi connectivity index (χ1n) is 5.91. The second-order valence-corrected chi connectivity index (χ2v) is 4.50. The quantitative estimate of drug-likeness (QED) is 0.652. The van der Waals surface area contributed by atoms with E-state index in [2.05, 4.69) is 5.92 Å². The van der Waals surface area contributed by atoms with Crippen molar-refractivity contribution >= 4 is 11.9 Å². The van der Waals surface area contributed by atoms with Gasteiger partial charge in [0.1, 0.15) is 0 Å². The number of piperazine rings is 1. The molecular weight excluding hydrogens is 232 g/mol. The van der Waals surface area contributed by atoms with Gasteiger partial charge in [-0.25, -0.2) is 4.79 Å². The Bertz CT molecular complexity index is 354. The molecule has 6 nitrogen and oxygen atoms in total. The molecule has 0 aromatic carbocycles. The molecule has 100 valence electrons. The highest BCUT2D eigenvalue weighted by atomic mass is 16.2. The molecule has 0 aromatic heterocycles. The molecule has 0 aromatic rings. The van der Waals surface area contributed by atoms with Crippen molar-refractivity contribution in [2.75, 3.05) is 40.3 Å². The number of carbonyl (C=O) groups excluding carboxylic acids is 2. The van der Waals surface area contributed by atoms with Gasteiger partial charge in [0.05, 0.1) is 6.04 Å². The lowest BCUT2D eigenvalue weighted by Gasteiger charge is -2.36. The Morgan fingerprint density at radius 1 is 1.28 bits per heavy atom. The Kier molecular flexibility index (Phi) is 4.98. The molecule has 1 unspecified atom stereocenters. The number of hydrogen-bond donors (Lipinski definition) is 1. The van der Waals surface area contributed by atoms with Crippen LogP contribution in [0.15, 0.2) is 0 Å².